The SMILES string of the molecule is O=C(NCC1(CO)CCCC1)C(S)Cc1ccccc1. The van der Waals surface area contributed by atoms with Crippen LogP contribution in [-0.4, -0.2) is 29.4 Å². The van der Waals surface area contributed by atoms with E-state index in [-0.39, 0.29) is 23.2 Å². The van der Waals surface area contributed by atoms with E-state index in [4.69, 9.17) is 0 Å². The lowest BCUT2D eigenvalue weighted by Crippen LogP contribution is -2.41. The lowest BCUT2D eigenvalue weighted by Gasteiger charge is -2.27. The van der Waals surface area contributed by atoms with E-state index in [2.05, 4.69) is 17.9 Å². The van der Waals surface area contributed by atoms with Crippen molar-refractivity contribution in [3.63, 3.8) is 0 Å². The maximum atomic E-state index is 12.1. The maximum Gasteiger partial charge on any atom is 0.233 e. The van der Waals surface area contributed by atoms with Crippen molar-refractivity contribution in [2.24, 2.45) is 5.41 Å². The molecule has 1 unspecified atom stereocenters. The lowest BCUT2D eigenvalue weighted by atomic mass is 9.87. The minimum Gasteiger partial charge on any atom is -0.396 e. The highest BCUT2D eigenvalue weighted by atomic mass is 32.1. The summed E-state index contributed by atoms with van der Waals surface area (Å²) in [6.45, 7) is 0.720. The predicted molar refractivity (Wildman–Crippen MR) is 83.9 cm³/mol. The molecule has 1 aromatic carbocycles. The molecule has 1 amide bonds. The van der Waals surface area contributed by atoms with E-state index in [9.17, 15) is 9.90 Å². The Bertz CT molecular complexity index is 429. The second-order valence-corrected chi connectivity index (χ2v) is 6.41. The number of carbonyl (C=O) groups excluding carboxylic acids is 1. The zero-order valence-electron chi connectivity index (χ0n) is 11.7. The number of aliphatic hydroxyl groups is 1. The van der Waals surface area contributed by atoms with Crippen molar-refractivity contribution in [1.82, 2.24) is 5.32 Å². The number of nitrogens with one attached hydrogen (secondary N) is 1. The molecule has 0 saturated heterocycles. The molecule has 1 aliphatic carbocycles. The molecule has 0 heterocycles. The molecule has 0 aromatic heterocycles. The molecule has 1 aliphatic rings. The van der Waals surface area contributed by atoms with Crippen LogP contribution in [-0.2, 0) is 11.2 Å². The van der Waals surface area contributed by atoms with Gasteiger partial charge in [0.15, 0.2) is 0 Å². The lowest BCUT2D eigenvalue weighted by molar-refractivity contribution is -0.121. The molecule has 1 saturated carbocycles. The van der Waals surface area contributed by atoms with E-state index >= 15 is 0 Å². The van der Waals surface area contributed by atoms with Gasteiger partial charge in [-0.3, -0.25) is 4.79 Å². The van der Waals surface area contributed by atoms with Gasteiger partial charge in [0.2, 0.25) is 5.91 Å². The van der Waals surface area contributed by atoms with Crippen LogP contribution in [0.25, 0.3) is 0 Å². The Hall–Kier alpha value is -1.00. The molecule has 0 spiro atoms. The largest absolute Gasteiger partial charge is 0.396 e. The van der Waals surface area contributed by atoms with Crippen molar-refractivity contribution in [3.05, 3.63) is 35.9 Å². The van der Waals surface area contributed by atoms with E-state index in [1.165, 1.54) is 0 Å². The summed E-state index contributed by atoms with van der Waals surface area (Å²) < 4.78 is 0. The second-order valence-electron chi connectivity index (χ2n) is 5.79. The normalized spacial score (nSPS) is 18.7. The number of thiol groups is 1. The summed E-state index contributed by atoms with van der Waals surface area (Å²) in [4.78, 5) is 12.1. The average Bonchev–Trinajstić information content (AvgIpc) is 2.95. The van der Waals surface area contributed by atoms with Crippen LogP contribution >= 0.6 is 12.6 Å². The summed E-state index contributed by atoms with van der Waals surface area (Å²) in [6, 6.07) is 9.90. The van der Waals surface area contributed by atoms with Gasteiger partial charge >= 0.3 is 0 Å². The van der Waals surface area contributed by atoms with Crippen molar-refractivity contribution in [2.45, 2.75) is 37.4 Å². The zero-order valence-corrected chi connectivity index (χ0v) is 12.6. The molecule has 4 heteroatoms. The number of amides is 1. The fraction of sp³-hybridized carbons (Fsp3) is 0.562. The molecule has 0 radical (unpaired) electrons. The van der Waals surface area contributed by atoms with Crippen LogP contribution < -0.4 is 5.32 Å². The Morgan fingerprint density at radius 2 is 1.95 bits per heavy atom. The van der Waals surface area contributed by atoms with Gasteiger partial charge in [-0.05, 0) is 24.8 Å². The standard InChI is InChI=1S/C16H23NO2S/c18-12-16(8-4-5-9-16)11-17-15(19)14(20)10-13-6-2-1-3-7-13/h1-3,6-7,14,18,20H,4-5,8-12H2,(H,17,19). The zero-order chi connectivity index (χ0) is 14.4. The Morgan fingerprint density at radius 1 is 1.30 bits per heavy atom. The fourth-order valence-corrected chi connectivity index (χ4v) is 3.14. The number of hydrogen-bond donors (Lipinski definition) is 3. The first kappa shape index (κ1) is 15.4. The number of hydrogen-bond acceptors (Lipinski definition) is 3. The molecule has 1 fully saturated rings. The molecule has 0 aliphatic heterocycles. The summed E-state index contributed by atoms with van der Waals surface area (Å²) in [6.07, 6.45) is 4.91. The van der Waals surface area contributed by atoms with E-state index in [0.29, 0.717) is 13.0 Å². The molecule has 110 valence electrons. The quantitative estimate of drug-likeness (QED) is 0.704. The monoisotopic (exact) mass is 293 g/mol. The maximum absolute atomic E-state index is 12.1. The van der Waals surface area contributed by atoms with E-state index in [0.717, 1.165) is 31.2 Å². The summed E-state index contributed by atoms with van der Waals surface area (Å²) in [5.41, 5.74) is 1.01. The predicted octanol–water partition coefficient (Wildman–Crippen LogP) is 2.20. The highest BCUT2D eigenvalue weighted by molar-refractivity contribution is 7.81. The van der Waals surface area contributed by atoms with Crippen LogP contribution in [0.1, 0.15) is 31.2 Å². The van der Waals surface area contributed by atoms with Crippen LogP contribution in [0.3, 0.4) is 0 Å². The molecule has 0 bridgehead atoms. The second kappa shape index (κ2) is 7.14. The summed E-state index contributed by atoms with van der Waals surface area (Å²) in [5.74, 6) is -0.0445. The van der Waals surface area contributed by atoms with Gasteiger partial charge in [-0.25, -0.2) is 0 Å². The molecule has 1 aromatic rings. The van der Waals surface area contributed by atoms with Gasteiger partial charge in [0.1, 0.15) is 0 Å². The van der Waals surface area contributed by atoms with Crippen LogP contribution in [0.15, 0.2) is 30.3 Å². The molecule has 3 nitrogen and oxygen atoms in total. The van der Waals surface area contributed by atoms with E-state index < -0.39 is 0 Å². The van der Waals surface area contributed by atoms with Crippen molar-refractivity contribution < 1.29 is 9.90 Å². The van der Waals surface area contributed by atoms with Gasteiger partial charge in [0.05, 0.1) is 11.9 Å². The van der Waals surface area contributed by atoms with Crippen molar-refractivity contribution in [2.75, 3.05) is 13.2 Å². The molecular weight excluding hydrogens is 270 g/mol. The first-order chi connectivity index (χ1) is 9.65. The van der Waals surface area contributed by atoms with Crippen molar-refractivity contribution >= 4 is 18.5 Å². The summed E-state index contributed by atoms with van der Waals surface area (Å²) in [5, 5.41) is 12.2. The van der Waals surface area contributed by atoms with Crippen molar-refractivity contribution in [1.29, 1.82) is 0 Å². The molecule has 2 rings (SSSR count). The van der Waals surface area contributed by atoms with Gasteiger partial charge in [0.25, 0.3) is 0 Å². The topological polar surface area (TPSA) is 49.3 Å². The minimum atomic E-state index is -0.338. The average molecular weight is 293 g/mol. The van der Waals surface area contributed by atoms with Gasteiger partial charge in [0, 0.05) is 12.0 Å². The van der Waals surface area contributed by atoms with Crippen LogP contribution in [0.5, 0.6) is 0 Å². The molecule has 20 heavy (non-hydrogen) atoms. The summed E-state index contributed by atoms with van der Waals surface area (Å²) in [7, 11) is 0. The smallest absolute Gasteiger partial charge is 0.233 e. The van der Waals surface area contributed by atoms with Gasteiger partial charge in [-0.2, -0.15) is 12.6 Å². The minimum absolute atomic E-state index is 0.0445. The third-order valence-electron chi connectivity index (χ3n) is 4.21. The number of aliphatic hydroxyl groups excluding tert-OH is 1. The van der Waals surface area contributed by atoms with Gasteiger partial charge in [-0.1, -0.05) is 43.2 Å². The van der Waals surface area contributed by atoms with E-state index in [1.807, 2.05) is 30.3 Å². The first-order valence-corrected chi connectivity index (χ1v) is 7.77. The first-order valence-electron chi connectivity index (χ1n) is 7.26. The van der Waals surface area contributed by atoms with Gasteiger partial charge in [-0.15, -0.1) is 0 Å². The van der Waals surface area contributed by atoms with E-state index in [1.54, 1.807) is 0 Å². The number of carbonyl (C=O) groups is 1. The third-order valence-corrected chi connectivity index (χ3v) is 4.63. The third kappa shape index (κ3) is 4.00. The number of rotatable bonds is 6. The van der Waals surface area contributed by atoms with Crippen LogP contribution in [0, 0.1) is 5.41 Å². The Kier molecular flexibility index (Phi) is 5.49. The van der Waals surface area contributed by atoms with Crippen LogP contribution in [0.2, 0.25) is 0 Å². The highest BCUT2D eigenvalue weighted by Crippen LogP contribution is 2.36. The highest BCUT2D eigenvalue weighted by Gasteiger charge is 2.33. The Labute approximate surface area is 126 Å². The number of benzene rings is 1. The van der Waals surface area contributed by atoms with Gasteiger partial charge < -0.3 is 10.4 Å². The Morgan fingerprint density at radius 3 is 2.55 bits per heavy atom. The fourth-order valence-electron chi connectivity index (χ4n) is 2.84. The van der Waals surface area contributed by atoms with Crippen LogP contribution in [0.4, 0.5) is 0 Å². The molecular formula is C16H23NO2S. The summed E-state index contributed by atoms with van der Waals surface area (Å²) >= 11 is 4.40. The Balaban J connectivity index is 1.82. The molecule has 1 atom stereocenters. The van der Waals surface area contributed by atoms with Crippen molar-refractivity contribution in [3.8, 4) is 0 Å². The molecule has 2 N–H and O–H groups in total.